The third-order valence-corrected chi connectivity index (χ3v) is 3.17. The van der Waals surface area contributed by atoms with Crippen LogP contribution < -0.4 is 0 Å². The Bertz CT molecular complexity index is 506. The van der Waals surface area contributed by atoms with Gasteiger partial charge in [0.2, 0.25) is 0 Å². The quantitative estimate of drug-likeness (QED) is 0.261. The first-order valence-corrected chi connectivity index (χ1v) is 6.31. The maximum atomic E-state index is 11.9. The SMILES string of the molecule is C#CC1=C(/C=[N+](\[O-])Cc2ccccc2)CCCC1. The number of benzene rings is 1. The molecule has 1 aliphatic rings. The summed E-state index contributed by atoms with van der Waals surface area (Å²) in [4.78, 5) is 0. The molecule has 2 nitrogen and oxygen atoms in total. The Kier molecular flexibility index (Phi) is 4.20. The predicted molar refractivity (Wildman–Crippen MR) is 74.2 cm³/mol. The summed E-state index contributed by atoms with van der Waals surface area (Å²) in [7, 11) is 0. The van der Waals surface area contributed by atoms with E-state index in [2.05, 4.69) is 5.92 Å². The number of terminal acetylenes is 1. The molecule has 0 heterocycles. The van der Waals surface area contributed by atoms with Crippen LogP contribution in [0.25, 0.3) is 0 Å². The van der Waals surface area contributed by atoms with Crippen molar-refractivity contribution in [3.63, 3.8) is 0 Å². The van der Waals surface area contributed by atoms with E-state index in [0.717, 1.165) is 47.1 Å². The second-order valence-electron chi connectivity index (χ2n) is 4.55. The van der Waals surface area contributed by atoms with Gasteiger partial charge in [-0.25, -0.2) is 4.74 Å². The number of rotatable bonds is 3. The molecule has 18 heavy (non-hydrogen) atoms. The van der Waals surface area contributed by atoms with E-state index in [4.69, 9.17) is 6.42 Å². The van der Waals surface area contributed by atoms with E-state index in [1.165, 1.54) is 0 Å². The minimum Gasteiger partial charge on any atom is -0.624 e. The fourth-order valence-electron chi connectivity index (χ4n) is 2.22. The highest BCUT2D eigenvalue weighted by Crippen LogP contribution is 2.22. The van der Waals surface area contributed by atoms with Crippen LogP contribution in [-0.4, -0.2) is 11.0 Å². The Morgan fingerprint density at radius 2 is 1.94 bits per heavy atom. The average Bonchev–Trinajstić information content (AvgIpc) is 2.40. The molecule has 0 fully saturated rings. The normalized spacial score (nSPS) is 16.5. The van der Waals surface area contributed by atoms with Gasteiger partial charge in [0.05, 0.1) is 0 Å². The van der Waals surface area contributed by atoms with Crippen molar-refractivity contribution in [1.82, 2.24) is 0 Å². The summed E-state index contributed by atoms with van der Waals surface area (Å²) in [6.07, 6.45) is 11.3. The van der Waals surface area contributed by atoms with Crippen molar-refractivity contribution in [2.24, 2.45) is 0 Å². The molecular formula is C16H17NO. The van der Waals surface area contributed by atoms with Crippen molar-refractivity contribution in [2.75, 3.05) is 0 Å². The first-order valence-electron chi connectivity index (χ1n) is 6.31. The molecule has 0 amide bonds. The van der Waals surface area contributed by atoms with Crippen LogP contribution in [0, 0.1) is 17.6 Å². The fourth-order valence-corrected chi connectivity index (χ4v) is 2.22. The first kappa shape index (κ1) is 12.4. The van der Waals surface area contributed by atoms with Crippen molar-refractivity contribution in [1.29, 1.82) is 0 Å². The molecule has 1 aromatic rings. The van der Waals surface area contributed by atoms with Crippen LogP contribution in [0.2, 0.25) is 0 Å². The van der Waals surface area contributed by atoms with E-state index in [1.807, 2.05) is 30.3 Å². The highest BCUT2D eigenvalue weighted by atomic mass is 16.5. The molecule has 92 valence electrons. The molecule has 0 aromatic heterocycles. The molecule has 0 saturated heterocycles. The molecule has 0 saturated carbocycles. The predicted octanol–water partition coefficient (Wildman–Crippen LogP) is 3.27. The van der Waals surface area contributed by atoms with Gasteiger partial charge in [0.15, 0.2) is 12.8 Å². The molecule has 1 aromatic carbocycles. The van der Waals surface area contributed by atoms with E-state index in [9.17, 15) is 5.21 Å². The van der Waals surface area contributed by atoms with Gasteiger partial charge >= 0.3 is 0 Å². The van der Waals surface area contributed by atoms with Gasteiger partial charge in [-0.15, -0.1) is 6.42 Å². The molecule has 0 unspecified atom stereocenters. The summed E-state index contributed by atoms with van der Waals surface area (Å²) in [5, 5.41) is 11.9. The number of nitrogens with zero attached hydrogens (tertiary/aromatic N) is 1. The van der Waals surface area contributed by atoms with Gasteiger partial charge in [-0.1, -0.05) is 36.3 Å². The summed E-state index contributed by atoms with van der Waals surface area (Å²) in [6, 6.07) is 9.74. The van der Waals surface area contributed by atoms with Crippen LogP contribution in [0.1, 0.15) is 31.2 Å². The Morgan fingerprint density at radius 3 is 2.67 bits per heavy atom. The van der Waals surface area contributed by atoms with Gasteiger partial charge in [0.1, 0.15) is 0 Å². The maximum absolute atomic E-state index is 11.9. The fraction of sp³-hybridized carbons (Fsp3) is 0.312. The lowest BCUT2D eigenvalue weighted by atomic mass is 9.93. The standard InChI is InChI=1S/C16H17NO/c1-2-15-10-6-7-11-16(15)13-17(18)12-14-8-4-3-5-9-14/h1,3-5,8-9,13H,6-7,10-12H2/b17-13-. The lowest BCUT2D eigenvalue weighted by Gasteiger charge is -2.13. The molecular weight excluding hydrogens is 222 g/mol. The van der Waals surface area contributed by atoms with Gasteiger partial charge in [0, 0.05) is 16.7 Å². The third-order valence-electron chi connectivity index (χ3n) is 3.17. The Balaban J connectivity index is 2.13. The van der Waals surface area contributed by atoms with Gasteiger partial charge in [-0.05, 0) is 25.7 Å². The molecule has 2 rings (SSSR count). The summed E-state index contributed by atoms with van der Waals surface area (Å²) in [5.74, 6) is 2.71. The monoisotopic (exact) mass is 239 g/mol. The summed E-state index contributed by atoms with van der Waals surface area (Å²) >= 11 is 0. The molecule has 0 spiro atoms. The average molecular weight is 239 g/mol. The van der Waals surface area contributed by atoms with Crippen LogP contribution in [0.15, 0.2) is 41.5 Å². The molecule has 2 heteroatoms. The molecule has 0 radical (unpaired) electrons. The zero-order chi connectivity index (χ0) is 12.8. The van der Waals surface area contributed by atoms with Crippen molar-refractivity contribution in [2.45, 2.75) is 32.2 Å². The van der Waals surface area contributed by atoms with E-state index in [-0.39, 0.29) is 0 Å². The van der Waals surface area contributed by atoms with Crippen LogP contribution in [0.4, 0.5) is 0 Å². The Labute approximate surface area is 108 Å². The minimum atomic E-state index is 0.377. The minimum absolute atomic E-state index is 0.377. The van der Waals surface area contributed by atoms with Crippen molar-refractivity contribution in [3.8, 4) is 12.3 Å². The topological polar surface area (TPSA) is 26.1 Å². The van der Waals surface area contributed by atoms with Gasteiger partial charge in [0.25, 0.3) is 0 Å². The second kappa shape index (κ2) is 6.07. The van der Waals surface area contributed by atoms with Crippen LogP contribution in [0.3, 0.4) is 0 Å². The molecule has 0 bridgehead atoms. The molecule has 1 aliphatic carbocycles. The number of hydroxylamine groups is 1. The van der Waals surface area contributed by atoms with E-state index >= 15 is 0 Å². The number of hydrogen-bond acceptors (Lipinski definition) is 1. The van der Waals surface area contributed by atoms with Gasteiger partial charge in [-0.2, -0.15) is 0 Å². The number of hydrogen-bond donors (Lipinski definition) is 0. The molecule has 0 atom stereocenters. The van der Waals surface area contributed by atoms with E-state index in [1.54, 1.807) is 6.21 Å². The van der Waals surface area contributed by atoms with Crippen LogP contribution in [0.5, 0.6) is 0 Å². The summed E-state index contributed by atoms with van der Waals surface area (Å²) in [6.45, 7) is 0.377. The summed E-state index contributed by atoms with van der Waals surface area (Å²) < 4.78 is 0.979. The highest BCUT2D eigenvalue weighted by molar-refractivity contribution is 5.77. The highest BCUT2D eigenvalue weighted by Gasteiger charge is 2.12. The zero-order valence-corrected chi connectivity index (χ0v) is 10.4. The van der Waals surface area contributed by atoms with E-state index in [0.29, 0.717) is 6.54 Å². The number of allylic oxidation sites excluding steroid dienone is 2. The van der Waals surface area contributed by atoms with Crippen molar-refractivity contribution < 1.29 is 4.74 Å². The molecule has 0 N–H and O–H groups in total. The summed E-state index contributed by atoms with van der Waals surface area (Å²) in [5.41, 5.74) is 3.05. The van der Waals surface area contributed by atoms with Crippen LogP contribution >= 0.6 is 0 Å². The first-order chi connectivity index (χ1) is 8.79. The second-order valence-corrected chi connectivity index (χ2v) is 4.55. The Morgan fingerprint density at radius 1 is 1.22 bits per heavy atom. The smallest absolute Gasteiger partial charge is 0.178 e. The third kappa shape index (κ3) is 3.24. The van der Waals surface area contributed by atoms with Gasteiger partial charge < -0.3 is 5.21 Å². The maximum Gasteiger partial charge on any atom is 0.178 e. The van der Waals surface area contributed by atoms with E-state index < -0.39 is 0 Å². The van der Waals surface area contributed by atoms with Gasteiger partial charge in [-0.3, -0.25) is 0 Å². The van der Waals surface area contributed by atoms with Crippen LogP contribution in [-0.2, 0) is 6.54 Å². The van der Waals surface area contributed by atoms with Crippen molar-refractivity contribution in [3.05, 3.63) is 52.2 Å². The van der Waals surface area contributed by atoms with Crippen molar-refractivity contribution >= 4 is 6.21 Å². The molecule has 0 aliphatic heterocycles. The zero-order valence-electron chi connectivity index (χ0n) is 10.4. The lowest BCUT2D eigenvalue weighted by molar-refractivity contribution is -0.469. The largest absolute Gasteiger partial charge is 0.624 e. The lowest BCUT2D eigenvalue weighted by Crippen LogP contribution is -2.09. The Hall–Kier alpha value is -2.01.